The first-order chi connectivity index (χ1) is 11.9. The summed E-state index contributed by atoms with van der Waals surface area (Å²) in [6.45, 7) is 6.52. The van der Waals surface area contributed by atoms with Crippen LogP contribution in [0.3, 0.4) is 0 Å². The summed E-state index contributed by atoms with van der Waals surface area (Å²) in [5, 5.41) is 11.1. The number of nitro groups is 1. The van der Waals surface area contributed by atoms with E-state index in [1.54, 1.807) is 12.1 Å². The molecule has 1 unspecified atom stereocenters. The fourth-order valence-electron chi connectivity index (χ4n) is 2.91. The number of hydrogen-bond acceptors (Lipinski definition) is 6. The van der Waals surface area contributed by atoms with Crippen molar-refractivity contribution in [1.29, 1.82) is 0 Å². The number of benzene rings is 1. The summed E-state index contributed by atoms with van der Waals surface area (Å²) in [5.41, 5.74) is 2.74. The number of hydrogen-bond donors (Lipinski definition) is 0. The lowest BCUT2D eigenvalue weighted by atomic mass is 9.86. The number of esters is 1. The molecule has 0 radical (unpaired) electrons. The molecule has 0 saturated heterocycles. The average Bonchev–Trinajstić information content (AvgIpc) is 2.60. The van der Waals surface area contributed by atoms with Crippen molar-refractivity contribution in [3.05, 3.63) is 63.0 Å². The SMILES string of the molecule is CCOCN1C(C)=CC(c2cccc([N+](=O)[O-])c2)C(C(=O)OC)=C1C. The predicted molar refractivity (Wildman–Crippen MR) is 92.6 cm³/mol. The van der Waals surface area contributed by atoms with Crippen LogP contribution in [-0.4, -0.2) is 36.2 Å². The Labute approximate surface area is 146 Å². The quantitative estimate of drug-likeness (QED) is 0.446. The van der Waals surface area contributed by atoms with Gasteiger partial charge in [-0.2, -0.15) is 0 Å². The highest BCUT2D eigenvalue weighted by Gasteiger charge is 2.31. The Morgan fingerprint density at radius 2 is 2.08 bits per heavy atom. The van der Waals surface area contributed by atoms with Crippen LogP contribution in [-0.2, 0) is 14.3 Å². The van der Waals surface area contributed by atoms with Crippen molar-refractivity contribution < 1.29 is 19.2 Å². The molecule has 0 saturated carbocycles. The van der Waals surface area contributed by atoms with Crippen molar-refractivity contribution in [2.24, 2.45) is 0 Å². The van der Waals surface area contributed by atoms with Gasteiger partial charge < -0.3 is 14.4 Å². The van der Waals surface area contributed by atoms with Crippen LogP contribution in [0.1, 0.15) is 32.3 Å². The normalized spacial score (nSPS) is 17.4. The first-order valence-electron chi connectivity index (χ1n) is 7.97. The van der Waals surface area contributed by atoms with Crippen molar-refractivity contribution in [3.63, 3.8) is 0 Å². The smallest absolute Gasteiger partial charge is 0.336 e. The Kier molecular flexibility index (Phi) is 5.93. The summed E-state index contributed by atoms with van der Waals surface area (Å²) in [4.78, 5) is 24.9. The Morgan fingerprint density at radius 1 is 1.36 bits per heavy atom. The number of methoxy groups -OCH3 is 1. The molecule has 1 atom stereocenters. The van der Waals surface area contributed by atoms with E-state index >= 15 is 0 Å². The highest BCUT2D eigenvalue weighted by molar-refractivity contribution is 5.92. The van der Waals surface area contributed by atoms with E-state index in [1.807, 2.05) is 31.7 Å². The van der Waals surface area contributed by atoms with Gasteiger partial charge in [0.25, 0.3) is 5.69 Å². The molecule has 1 aromatic carbocycles. The second-order valence-electron chi connectivity index (χ2n) is 5.68. The molecule has 1 aliphatic heterocycles. The van der Waals surface area contributed by atoms with Gasteiger partial charge in [-0.25, -0.2) is 4.79 Å². The maximum atomic E-state index is 12.4. The lowest BCUT2D eigenvalue weighted by Gasteiger charge is -2.34. The van der Waals surface area contributed by atoms with Gasteiger partial charge in [-0.15, -0.1) is 0 Å². The monoisotopic (exact) mass is 346 g/mol. The van der Waals surface area contributed by atoms with Crippen molar-refractivity contribution >= 4 is 11.7 Å². The minimum atomic E-state index is -0.459. The Morgan fingerprint density at radius 3 is 2.68 bits per heavy atom. The predicted octanol–water partition coefficient (Wildman–Crippen LogP) is 3.34. The summed E-state index contributed by atoms with van der Waals surface area (Å²) in [7, 11) is 1.32. The van der Waals surface area contributed by atoms with E-state index < -0.39 is 16.8 Å². The number of rotatable bonds is 6. The average molecular weight is 346 g/mol. The molecule has 25 heavy (non-hydrogen) atoms. The lowest BCUT2D eigenvalue weighted by Crippen LogP contribution is -2.31. The van der Waals surface area contributed by atoms with E-state index in [9.17, 15) is 14.9 Å². The highest BCUT2D eigenvalue weighted by Crippen LogP contribution is 2.37. The van der Waals surface area contributed by atoms with Gasteiger partial charge in [-0.05, 0) is 26.3 Å². The fraction of sp³-hybridized carbons (Fsp3) is 0.389. The lowest BCUT2D eigenvalue weighted by molar-refractivity contribution is -0.384. The molecule has 2 rings (SSSR count). The molecule has 0 amide bonds. The van der Waals surface area contributed by atoms with Crippen LogP contribution < -0.4 is 0 Å². The summed E-state index contributed by atoms with van der Waals surface area (Å²) in [5.74, 6) is -0.871. The topological polar surface area (TPSA) is 81.9 Å². The minimum absolute atomic E-state index is 0.0119. The maximum Gasteiger partial charge on any atom is 0.336 e. The number of carbonyl (C=O) groups excluding carboxylic acids is 1. The van der Waals surface area contributed by atoms with E-state index in [-0.39, 0.29) is 5.69 Å². The Balaban J connectivity index is 2.52. The van der Waals surface area contributed by atoms with E-state index in [0.717, 1.165) is 11.4 Å². The first kappa shape index (κ1) is 18.7. The zero-order chi connectivity index (χ0) is 18.6. The third-order valence-electron chi connectivity index (χ3n) is 4.21. The summed E-state index contributed by atoms with van der Waals surface area (Å²) in [6.07, 6.45) is 1.90. The standard InChI is InChI=1S/C18H22N2O5/c1-5-25-11-19-12(2)9-16(17(13(19)3)18(21)24-4)14-7-6-8-15(10-14)20(22)23/h6-10,16H,5,11H2,1-4H3. The first-order valence-corrected chi connectivity index (χ1v) is 7.97. The van der Waals surface area contributed by atoms with E-state index in [1.165, 1.54) is 19.2 Å². The number of non-ortho nitro benzene ring substituents is 1. The fourth-order valence-corrected chi connectivity index (χ4v) is 2.91. The molecule has 1 aromatic rings. The second-order valence-corrected chi connectivity index (χ2v) is 5.68. The molecular weight excluding hydrogens is 324 g/mol. The zero-order valence-electron chi connectivity index (χ0n) is 14.8. The van der Waals surface area contributed by atoms with Crippen LogP contribution in [0, 0.1) is 10.1 Å². The second kappa shape index (κ2) is 7.94. The van der Waals surface area contributed by atoms with Gasteiger partial charge >= 0.3 is 5.97 Å². The molecule has 0 aromatic heterocycles. The molecule has 0 fully saturated rings. The highest BCUT2D eigenvalue weighted by atomic mass is 16.6. The maximum absolute atomic E-state index is 12.4. The molecule has 0 N–H and O–H groups in total. The van der Waals surface area contributed by atoms with Gasteiger partial charge in [0.2, 0.25) is 0 Å². The van der Waals surface area contributed by atoms with Gasteiger partial charge in [0, 0.05) is 36.1 Å². The number of nitro benzene ring substituents is 1. The van der Waals surface area contributed by atoms with Crippen LogP contribution in [0.4, 0.5) is 5.69 Å². The largest absolute Gasteiger partial charge is 0.466 e. The number of ether oxygens (including phenoxy) is 2. The number of nitrogens with zero attached hydrogens (tertiary/aromatic N) is 2. The van der Waals surface area contributed by atoms with E-state index in [0.29, 0.717) is 24.5 Å². The molecule has 7 heteroatoms. The number of carbonyl (C=O) groups is 1. The molecule has 1 heterocycles. The van der Waals surface area contributed by atoms with Gasteiger partial charge in [0.05, 0.1) is 17.6 Å². The van der Waals surface area contributed by atoms with E-state index in [2.05, 4.69) is 0 Å². The van der Waals surface area contributed by atoms with Crippen molar-refractivity contribution in [1.82, 2.24) is 4.90 Å². The molecule has 0 bridgehead atoms. The van der Waals surface area contributed by atoms with Crippen LogP contribution in [0.15, 0.2) is 47.3 Å². The Hall–Kier alpha value is -2.67. The molecule has 0 aliphatic carbocycles. The van der Waals surface area contributed by atoms with Gasteiger partial charge in [-0.3, -0.25) is 10.1 Å². The van der Waals surface area contributed by atoms with Crippen molar-refractivity contribution in [3.8, 4) is 0 Å². The molecule has 1 aliphatic rings. The van der Waals surface area contributed by atoms with Crippen molar-refractivity contribution in [2.75, 3.05) is 20.4 Å². The third-order valence-corrected chi connectivity index (χ3v) is 4.21. The molecular formula is C18H22N2O5. The molecule has 134 valence electrons. The van der Waals surface area contributed by atoms with Crippen LogP contribution in [0.5, 0.6) is 0 Å². The summed E-state index contributed by atoms with van der Waals surface area (Å²) >= 11 is 0. The van der Waals surface area contributed by atoms with Gasteiger partial charge in [0.1, 0.15) is 6.73 Å². The summed E-state index contributed by atoms with van der Waals surface area (Å²) in [6, 6.07) is 6.31. The van der Waals surface area contributed by atoms with Crippen molar-refractivity contribution in [2.45, 2.75) is 26.7 Å². The molecule has 7 nitrogen and oxygen atoms in total. The van der Waals surface area contributed by atoms with Gasteiger partial charge in [0.15, 0.2) is 0 Å². The molecule has 0 spiro atoms. The van der Waals surface area contributed by atoms with Gasteiger partial charge in [-0.1, -0.05) is 18.2 Å². The Bertz CT molecular complexity index is 739. The summed E-state index contributed by atoms with van der Waals surface area (Å²) < 4.78 is 10.4. The van der Waals surface area contributed by atoms with Crippen LogP contribution in [0.2, 0.25) is 0 Å². The number of allylic oxidation sites excluding steroid dienone is 3. The van der Waals surface area contributed by atoms with Crippen LogP contribution in [0.25, 0.3) is 0 Å². The van der Waals surface area contributed by atoms with Crippen LogP contribution >= 0.6 is 0 Å². The van der Waals surface area contributed by atoms with E-state index in [4.69, 9.17) is 9.47 Å². The third kappa shape index (κ3) is 3.88. The minimum Gasteiger partial charge on any atom is -0.466 e. The zero-order valence-corrected chi connectivity index (χ0v) is 14.8.